The van der Waals surface area contributed by atoms with E-state index < -0.39 is 0 Å². The van der Waals surface area contributed by atoms with Crippen molar-refractivity contribution in [3.05, 3.63) is 58.4 Å². The summed E-state index contributed by atoms with van der Waals surface area (Å²) in [5.41, 5.74) is 2.07. The van der Waals surface area contributed by atoms with E-state index in [4.69, 9.17) is 16.1 Å². The number of aromatic nitrogens is 3. The summed E-state index contributed by atoms with van der Waals surface area (Å²) in [6.45, 7) is 7.82. The van der Waals surface area contributed by atoms with E-state index in [9.17, 15) is 4.79 Å². The molecule has 0 saturated carbocycles. The van der Waals surface area contributed by atoms with Crippen LogP contribution >= 0.6 is 11.6 Å². The Kier molecular flexibility index (Phi) is 4.78. The van der Waals surface area contributed by atoms with E-state index in [0.717, 1.165) is 5.69 Å². The highest BCUT2D eigenvalue weighted by Gasteiger charge is 2.24. The van der Waals surface area contributed by atoms with Gasteiger partial charge in [0.25, 0.3) is 5.91 Å². The fraction of sp³-hybridized carbons (Fsp3) is 0.263. The Hall–Kier alpha value is -2.73. The molecule has 3 aromatic rings. The minimum absolute atomic E-state index is 0.113. The number of halogens is 1. The lowest BCUT2D eigenvalue weighted by Crippen LogP contribution is -2.17. The van der Waals surface area contributed by atoms with Crippen molar-refractivity contribution in [1.29, 1.82) is 0 Å². The molecule has 0 aliphatic carbocycles. The molecule has 7 heteroatoms. The summed E-state index contributed by atoms with van der Waals surface area (Å²) in [4.78, 5) is 12.8. The molecule has 0 spiro atoms. The smallest absolute Gasteiger partial charge is 0.262 e. The molecule has 3 rings (SSSR count). The maximum Gasteiger partial charge on any atom is 0.262 e. The van der Waals surface area contributed by atoms with E-state index in [-0.39, 0.29) is 11.3 Å². The molecule has 0 unspecified atom stereocenters. The van der Waals surface area contributed by atoms with Gasteiger partial charge in [-0.1, -0.05) is 55.7 Å². The van der Waals surface area contributed by atoms with E-state index in [1.807, 2.05) is 39.0 Å². The molecule has 0 fully saturated rings. The number of rotatable bonds is 3. The SMILES string of the molecule is Cc1onc(-c2ccccc2Cl)c1C(=O)Nc1ccc(C(C)(C)C)nn1. The van der Waals surface area contributed by atoms with E-state index in [1.165, 1.54) is 0 Å². The van der Waals surface area contributed by atoms with Crippen LogP contribution in [0, 0.1) is 6.92 Å². The van der Waals surface area contributed by atoms with Gasteiger partial charge in [-0.2, -0.15) is 5.10 Å². The molecule has 0 aliphatic rings. The average Bonchev–Trinajstić information content (AvgIpc) is 2.96. The van der Waals surface area contributed by atoms with Crippen molar-refractivity contribution in [2.45, 2.75) is 33.1 Å². The van der Waals surface area contributed by atoms with Gasteiger partial charge in [-0.25, -0.2) is 0 Å². The zero-order chi connectivity index (χ0) is 18.9. The highest BCUT2D eigenvalue weighted by atomic mass is 35.5. The van der Waals surface area contributed by atoms with Crippen LogP contribution in [0.4, 0.5) is 5.82 Å². The first-order valence-electron chi connectivity index (χ1n) is 8.14. The predicted octanol–water partition coefficient (Wildman–Crippen LogP) is 4.64. The van der Waals surface area contributed by atoms with Crippen LogP contribution in [-0.4, -0.2) is 21.3 Å². The van der Waals surface area contributed by atoms with Gasteiger partial charge < -0.3 is 9.84 Å². The summed E-state index contributed by atoms with van der Waals surface area (Å²) >= 11 is 6.23. The number of benzene rings is 1. The van der Waals surface area contributed by atoms with Crippen molar-refractivity contribution in [3.8, 4) is 11.3 Å². The molecule has 134 valence electrons. The van der Waals surface area contributed by atoms with Crippen molar-refractivity contribution in [2.24, 2.45) is 0 Å². The van der Waals surface area contributed by atoms with E-state index >= 15 is 0 Å². The Morgan fingerprint density at radius 2 is 1.85 bits per heavy atom. The molecule has 0 radical (unpaired) electrons. The molecule has 2 aromatic heterocycles. The molecule has 1 aromatic carbocycles. The molecule has 0 bridgehead atoms. The maximum atomic E-state index is 12.8. The highest BCUT2D eigenvalue weighted by molar-refractivity contribution is 6.33. The van der Waals surface area contributed by atoms with Crippen LogP contribution in [-0.2, 0) is 5.41 Å². The summed E-state index contributed by atoms with van der Waals surface area (Å²) in [6, 6.07) is 10.7. The van der Waals surface area contributed by atoms with E-state index in [0.29, 0.717) is 33.4 Å². The van der Waals surface area contributed by atoms with Gasteiger partial charge in [-0.15, -0.1) is 5.10 Å². The number of anilines is 1. The summed E-state index contributed by atoms with van der Waals surface area (Å²) in [5.74, 6) is 0.377. The Balaban J connectivity index is 1.90. The molecule has 1 amide bonds. The third kappa shape index (κ3) is 3.60. The minimum Gasteiger partial charge on any atom is -0.360 e. The number of nitrogens with zero attached hydrogens (tertiary/aromatic N) is 3. The number of aryl methyl sites for hydroxylation is 1. The molecular formula is C19H19ClN4O2. The van der Waals surface area contributed by atoms with Crippen molar-refractivity contribution >= 4 is 23.3 Å². The number of nitrogens with one attached hydrogen (secondary N) is 1. The Morgan fingerprint density at radius 1 is 1.12 bits per heavy atom. The predicted molar refractivity (Wildman–Crippen MR) is 100 cm³/mol. The highest BCUT2D eigenvalue weighted by Crippen LogP contribution is 2.31. The van der Waals surface area contributed by atoms with Crippen LogP contribution < -0.4 is 5.32 Å². The quantitative estimate of drug-likeness (QED) is 0.726. The van der Waals surface area contributed by atoms with Gasteiger partial charge in [0, 0.05) is 11.0 Å². The number of carbonyl (C=O) groups is 1. The molecule has 0 atom stereocenters. The number of carbonyl (C=O) groups excluding carboxylic acids is 1. The second-order valence-corrected chi connectivity index (χ2v) is 7.36. The second kappa shape index (κ2) is 6.88. The third-order valence-electron chi connectivity index (χ3n) is 3.89. The fourth-order valence-electron chi connectivity index (χ4n) is 2.45. The summed E-state index contributed by atoms with van der Waals surface area (Å²) in [6.07, 6.45) is 0. The van der Waals surface area contributed by atoms with Crippen LogP contribution in [0.15, 0.2) is 40.9 Å². The van der Waals surface area contributed by atoms with Crippen LogP contribution in [0.1, 0.15) is 42.6 Å². The molecule has 26 heavy (non-hydrogen) atoms. The first kappa shape index (κ1) is 18.1. The van der Waals surface area contributed by atoms with Gasteiger partial charge in [0.2, 0.25) is 0 Å². The summed E-state index contributed by atoms with van der Waals surface area (Å²) in [5, 5.41) is 15.5. The molecular weight excluding hydrogens is 352 g/mol. The van der Waals surface area contributed by atoms with Crippen molar-refractivity contribution in [2.75, 3.05) is 5.32 Å². The lowest BCUT2D eigenvalue weighted by molar-refractivity contribution is 0.102. The fourth-order valence-corrected chi connectivity index (χ4v) is 2.68. The zero-order valence-corrected chi connectivity index (χ0v) is 15.8. The van der Waals surface area contributed by atoms with Crippen molar-refractivity contribution in [1.82, 2.24) is 15.4 Å². The normalized spacial score (nSPS) is 11.4. The third-order valence-corrected chi connectivity index (χ3v) is 4.22. The standard InChI is InChI=1S/C19H19ClN4O2/c1-11-16(17(24-26-11)12-7-5-6-8-13(12)20)18(25)21-15-10-9-14(22-23-15)19(2,3)4/h5-10H,1-4H3,(H,21,23,25). The number of hydrogen-bond donors (Lipinski definition) is 1. The minimum atomic E-state index is -0.378. The van der Waals surface area contributed by atoms with Gasteiger partial charge in [-0.3, -0.25) is 4.79 Å². The van der Waals surface area contributed by atoms with Crippen LogP contribution in [0.5, 0.6) is 0 Å². The first-order valence-corrected chi connectivity index (χ1v) is 8.52. The summed E-state index contributed by atoms with van der Waals surface area (Å²) < 4.78 is 5.22. The van der Waals surface area contributed by atoms with Gasteiger partial charge in [0.15, 0.2) is 5.82 Å². The molecule has 6 nitrogen and oxygen atoms in total. The lowest BCUT2D eigenvalue weighted by atomic mass is 9.92. The molecule has 1 N–H and O–H groups in total. The van der Waals surface area contributed by atoms with E-state index in [2.05, 4.69) is 20.7 Å². The zero-order valence-electron chi connectivity index (χ0n) is 15.0. The monoisotopic (exact) mass is 370 g/mol. The van der Waals surface area contributed by atoms with Gasteiger partial charge in [0.05, 0.1) is 10.7 Å². The lowest BCUT2D eigenvalue weighted by Gasteiger charge is -2.16. The van der Waals surface area contributed by atoms with Crippen molar-refractivity contribution in [3.63, 3.8) is 0 Å². The van der Waals surface area contributed by atoms with Crippen LogP contribution in [0.2, 0.25) is 5.02 Å². The van der Waals surface area contributed by atoms with Crippen molar-refractivity contribution < 1.29 is 9.32 Å². The largest absolute Gasteiger partial charge is 0.360 e. The number of amides is 1. The van der Waals surface area contributed by atoms with Crippen LogP contribution in [0.3, 0.4) is 0 Å². The Morgan fingerprint density at radius 3 is 2.46 bits per heavy atom. The van der Waals surface area contributed by atoms with E-state index in [1.54, 1.807) is 25.1 Å². The average molecular weight is 371 g/mol. The van der Waals surface area contributed by atoms with Gasteiger partial charge in [-0.05, 0) is 25.1 Å². The maximum absolute atomic E-state index is 12.8. The second-order valence-electron chi connectivity index (χ2n) is 6.95. The van der Waals surface area contributed by atoms with Gasteiger partial charge in [0.1, 0.15) is 17.0 Å². The molecule has 0 aliphatic heterocycles. The molecule has 0 saturated heterocycles. The van der Waals surface area contributed by atoms with Gasteiger partial charge >= 0.3 is 0 Å². The number of hydrogen-bond acceptors (Lipinski definition) is 5. The topological polar surface area (TPSA) is 80.9 Å². The van der Waals surface area contributed by atoms with Crippen LogP contribution in [0.25, 0.3) is 11.3 Å². The molecule has 2 heterocycles. The summed E-state index contributed by atoms with van der Waals surface area (Å²) in [7, 11) is 0. The Labute approximate surface area is 156 Å². The first-order chi connectivity index (χ1) is 12.3. The Bertz CT molecular complexity index is 943.